The molecule has 1 aliphatic carbocycles. The highest BCUT2D eigenvalue weighted by molar-refractivity contribution is 5.87. The predicted octanol–water partition coefficient (Wildman–Crippen LogP) is 3.26. The number of carbonyl (C=O) groups is 2. The van der Waals surface area contributed by atoms with Crippen LogP contribution in [0.15, 0.2) is 24.3 Å². The average Bonchev–Trinajstić information content (AvgIpc) is 2.47. The van der Waals surface area contributed by atoms with Crippen molar-refractivity contribution in [3.8, 4) is 0 Å². The smallest absolute Gasteiger partial charge is 0.329 e. The van der Waals surface area contributed by atoms with Crippen LogP contribution in [0.4, 0.5) is 0 Å². The first-order chi connectivity index (χ1) is 10.5. The molecule has 0 heterocycles. The maximum absolute atomic E-state index is 12.3. The van der Waals surface area contributed by atoms with E-state index in [0.29, 0.717) is 12.8 Å². The van der Waals surface area contributed by atoms with E-state index >= 15 is 0 Å². The van der Waals surface area contributed by atoms with Crippen LogP contribution in [-0.2, 0) is 16.0 Å². The molecule has 2 atom stereocenters. The summed E-state index contributed by atoms with van der Waals surface area (Å²) in [7, 11) is 0. The van der Waals surface area contributed by atoms with E-state index in [9.17, 15) is 14.7 Å². The van der Waals surface area contributed by atoms with E-state index in [2.05, 4.69) is 17.4 Å². The number of benzene rings is 1. The minimum atomic E-state index is -1.17. The van der Waals surface area contributed by atoms with Crippen LogP contribution < -0.4 is 5.32 Å². The zero-order valence-corrected chi connectivity index (χ0v) is 13.4. The third-order valence-corrected chi connectivity index (χ3v) is 4.56. The van der Waals surface area contributed by atoms with Crippen LogP contribution in [-0.4, -0.2) is 22.5 Å². The van der Waals surface area contributed by atoms with Gasteiger partial charge in [0.25, 0.3) is 0 Å². The highest BCUT2D eigenvalue weighted by atomic mass is 16.4. The maximum atomic E-state index is 12.3. The standard InChI is InChI=1S/C18H25NO3/c1-3-11-18(2,17(21)22)19-16(20)12-14-9-6-8-13-7-4-5-10-15(13)14/h4-5,7,10,14H,3,6,8-9,11-12H2,1-2H3,(H,19,20)(H,21,22). The van der Waals surface area contributed by atoms with Gasteiger partial charge in [-0.3, -0.25) is 4.79 Å². The molecule has 2 rings (SSSR count). The molecule has 0 radical (unpaired) electrons. The molecule has 2 N–H and O–H groups in total. The van der Waals surface area contributed by atoms with Gasteiger partial charge in [0, 0.05) is 6.42 Å². The molecule has 1 aromatic carbocycles. The summed E-state index contributed by atoms with van der Waals surface area (Å²) in [5.74, 6) is -0.934. The summed E-state index contributed by atoms with van der Waals surface area (Å²) in [5, 5.41) is 12.1. The number of carboxylic acids is 1. The lowest BCUT2D eigenvalue weighted by molar-refractivity contribution is -0.147. The number of fused-ring (bicyclic) bond motifs is 1. The van der Waals surface area contributed by atoms with E-state index in [4.69, 9.17) is 0 Å². The molecule has 0 saturated heterocycles. The summed E-state index contributed by atoms with van der Waals surface area (Å²) in [4.78, 5) is 23.8. The van der Waals surface area contributed by atoms with Crippen molar-refractivity contribution < 1.29 is 14.7 Å². The molecular weight excluding hydrogens is 278 g/mol. The number of carboxylic acid groups (broad SMARTS) is 1. The van der Waals surface area contributed by atoms with E-state index < -0.39 is 11.5 Å². The Hall–Kier alpha value is -1.84. The van der Waals surface area contributed by atoms with Crippen molar-refractivity contribution in [2.45, 2.75) is 63.8 Å². The van der Waals surface area contributed by atoms with Gasteiger partial charge in [-0.05, 0) is 49.7 Å². The lowest BCUT2D eigenvalue weighted by Crippen LogP contribution is -2.52. The number of aryl methyl sites for hydroxylation is 1. The molecule has 0 saturated carbocycles. The fourth-order valence-electron chi connectivity index (χ4n) is 3.37. The number of nitrogens with one attached hydrogen (secondary N) is 1. The van der Waals surface area contributed by atoms with Gasteiger partial charge in [-0.25, -0.2) is 4.79 Å². The first kappa shape index (κ1) is 16.5. The summed E-state index contributed by atoms with van der Waals surface area (Å²) in [6, 6.07) is 8.25. The predicted molar refractivity (Wildman–Crippen MR) is 85.8 cm³/mol. The van der Waals surface area contributed by atoms with E-state index in [1.807, 2.05) is 19.1 Å². The Labute approximate surface area is 131 Å². The largest absolute Gasteiger partial charge is 0.480 e. The van der Waals surface area contributed by atoms with Crippen molar-refractivity contribution in [3.63, 3.8) is 0 Å². The monoisotopic (exact) mass is 303 g/mol. The molecule has 2 unspecified atom stereocenters. The highest BCUT2D eigenvalue weighted by Crippen LogP contribution is 2.33. The van der Waals surface area contributed by atoms with E-state index in [0.717, 1.165) is 25.7 Å². The normalized spacial score (nSPS) is 19.8. The second-order valence-corrected chi connectivity index (χ2v) is 6.43. The van der Waals surface area contributed by atoms with Crippen molar-refractivity contribution in [2.75, 3.05) is 0 Å². The van der Waals surface area contributed by atoms with Crippen LogP contribution in [0, 0.1) is 0 Å². The van der Waals surface area contributed by atoms with E-state index in [-0.39, 0.29) is 11.8 Å². The third kappa shape index (κ3) is 3.67. The van der Waals surface area contributed by atoms with E-state index in [1.54, 1.807) is 6.92 Å². The average molecular weight is 303 g/mol. The van der Waals surface area contributed by atoms with Crippen molar-refractivity contribution >= 4 is 11.9 Å². The Morgan fingerprint density at radius 1 is 1.36 bits per heavy atom. The van der Waals surface area contributed by atoms with Crippen LogP contribution in [0.2, 0.25) is 0 Å². The van der Waals surface area contributed by atoms with Gasteiger partial charge in [0.05, 0.1) is 0 Å². The van der Waals surface area contributed by atoms with Crippen LogP contribution in [0.1, 0.15) is 63.0 Å². The maximum Gasteiger partial charge on any atom is 0.329 e. The van der Waals surface area contributed by atoms with Gasteiger partial charge >= 0.3 is 5.97 Å². The topological polar surface area (TPSA) is 66.4 Å². The first-order valence-electron chi connectivity index (χ1n) is 8.08. The molecule has 22 heavy (non-hydrogen) atoms. The molecule has 0 aromatic heterocycles. The number of carbonyl (C=O) groups excluding carboxylic acids is 1. The van der Waals surface area contributed by atoms with Crippen molar-refractivity contribution in [3.05, 3.63) is 35.4 Å². The molecule has 1 aromatic rings. The molecular formula is C18H25NO3. The van der Waals surface area contributed by atoms with Gasteiger partial charge in [0.2, 0.25) is 5.91 Å². The SMILES string of the molecule is CCCC(C)(NC(=O)CC1CCCc2ccccc21)C(=O)O. The molecule has 0 spiro atoms. The van der Waals surface area contributed by atoms with Crippen LogP contribution in [0.3, 0.4) is 0 Å². The number of amides is 1. The number of hydrogen-bond donors (Lipinski definition) is 2. The molecule has 1 aliphatic rings. The number of hydrogen-bond acceptors (Lipinski definition) is 2. The third-order valence-electron chi connectivity index (χ3n) is 4.56. The zero-order valence-electron chi connectivity index (χ0n) is 13.4. The minimum absolute atomic E-state index is 0.167. The summed E-state index contributed by atoms with van der Waals surface area (Å²) in [5.41, 5.74) is 1.40. The second-order valence-electron chi connectivity index (χ2n) is 6.43. The van der Waals surface area contributed by atoms with E-state index in [1.165, 1.54) is 11.1 Å². The van der Waals surface area contributed by atoms with Crippen LogP contribution >= 0.6 is 0 Å². The molecule has 0 bridgehead atoms. The second kappa shape index (κ2) is 6.95. The molecule has 4 heteroatoms. The lowest BCUT2D eigenvalue weighted by atomic mass is 9.81. The Balaban J connectivity index is 2.05. The van der Waals surface area contributed by atoms with Crippen molar-refractivity contribution in [1.29, 1.82) is 0 Å². The lowest BCUT2D eigenvalue weighted by Gasteiger charge is -2.29. The summed E-state index contributed by atoms with van der Waals surface area (Å²) in [6.45, 7) is 3.51. The molecule has 120 valence electrons. The summed E-state index contributed by atoms with van der Waals surface area (Å²) in [6.07, 6.45) is 4.66. The molecule has 0 aliphatic heterocycles. The van der Waals surface area contributed by atoms with Gasteiger partial charge in [0.1, 0.15) is 5.54 Å². The quantitative estimate of drug-likeness (QED) is 0.847. The van der Waals surface area contributed by atoms with Gasteiger partial charge in [0.15, 0.2) is 0 Å². The Morgan fingerprint density at radius 3 is 2.77 bits per heavy atom. The number of aliphatic carboxylic acids is 1. The van der Waals surface area contributed by atoms with Crippen molar-refractivity contribution in [2.24, 2.45) is 0 Å². The van der Waals surface area contributed by atoms with Crippen LogP contribution in [0.25, 0.3) is 0 Å². The molecule has 0 fully saturated rings. The Bertz CT molecular complexity index is 555. The fraction of sp³-hybridized carbons (Fsp3) is 0.556. The minimum Gasteiger partial charge on any atom is -0.480 e. The fourth-order valence-corrected chi connectivity index (χ4v) is 3.37. The Kier molecular flexibility index (Phi) is 5.22. The van der Waals surface area contributed by atoms with Gasteiger partial charge in [-0.2, -0.15) is 0 Å². The van der Waals surface area contributed by atoms with Gasteiger partial charge in [-0.15, -0.1) is 0 Å². The van der Waals surface area contributed by atoms with Gasteiger partial charge < -0.3 is 10.4 Å². The molecule has 1 amide bonds. The summed E-state index contributed by atoms with van der Waals surface area (Å²) >= 11 is 0. The zero-order chi connectivity index (χ0) is 16.2. The first-order valence-corrected chi connectivity index (χ1v) is 8.08. The summed E-state index contributed by atoms with van der Waals surface area (Å²) < 4.78 is 0. The Morgan fingerprint density at radius 2 is 2.09 bits per heavy atom. The van der Waals surface area contributed by atoms with Crippen LogP contribution in [0.5, 0.6) is 0 Å². The van der Waals surface area contributed by atoms with Gasteiger partial charge in [-0.1, -0.05) is 37.6 Å². The van der Waals surface area contributed by atoms with Crippen molar-refractivity contribution in [1.82, 2.24) is 5.32 Å². The number of rotatable bonds is 6. The highest BCUT2D eigenvalue weighted by Gasteiger charge is 2.34. The molecule has 4 nitrogen and oxygen atoms in total.